The zero-order valence-electron chi connectivity index (χ0n) is 64.2. The molecule has 0 spiro atoms. The summed E-state index contributed by atoms with van der Waals surface area (Å²) in [5.41, 5.74) is 0. The second-order valence-electron chi connectivity index (χ2n) is 30.2. The molecular formula is C88H171NO5. The first-order valence-electron chi connectivity index (χ1n) is 43.6. The average molecular weight is 1320 g/mol. The molecule has 0 aromatic rings. The van der Waals surface area contributed by atoms with Crippen LogP contribution >= 0.6 is 0 Å². The van der Waals surface area contributed by atoms with Gasteiger partial charge in [-0.25, -0.2) is 0 Å². The highest BCUT2D eigenvalue weighted by atomic mass is 16.5. The van der Waals surface area contributed by atoms with E-state index in [1.54, 1.807) is 6.08 Å². The zero-order chi connectivity index (χ0) is 67.7. The molecule has 0 saturated carbocycles. The number of carbonyl (C=O) groups excluding carboxylic acids is 2. The zero-order valence-corrected chi connectivity index (χ0v) is 64.2. The van der Waals surface area contributed by atoms with Crippen molar-refractivity contribution in [1.29, 1.82) is 0 Å². The highest BCUT2D eigenvalue weighted by molar-refractivity contribution is 5.76. The Morgan fingerprint density at radius 3 is 0.755 bits per heavy atom. The topological polar surface area (TPSA) is 95.9 Å². The first kappa shape index (κ1) is 92.3. The highest BCUT2D eigenvalue weighted by Crippen LogP contribution is 2.21. The molecule has 0 aliphatic heterocycles. The van der Waals surface area contributed by atoms with Crippen LogP contribution in [0.15, 0.2) is 24.3 Å². The van der Waals surface area contributed by atoms with Crippen LogP contribution in [0.25, 0.3) is 0 Å². The van der Waals surface area contributed by atoms with Crippen molar-refractivity contribution in [3.63, 3.8) is 0 Å². The van der Waals surface area contributed by atoms with E-state index in [-0.39, 0.29) is 18.5 Å². The van der Waals surface area contributed by atoms with Crippen LogP contribution in [0, 0.1) is 0 Å². The van der Waals surface area contributed by atoms with Gasteiger partial charge in [-0.05, 0) is 57.8 Å². The van der Waals surface area contributed by atoms with Gasteiger partial charge in [0.15, 0.2) is 0 Å². The fourth-order valence-corrected chi connectivity index (χ4v) is 14.1. The fourth-order valence-electron chi connectivity index (χ4n) is 14.1. The second-order valence-corrected chi connectivity index (χ2v) is 30.2. The number of rotatable bonds is 83. The third-order valence-corrected chi connectivity index (χ3v) is 20.7. The number of allylic oxidation sites excluding steroid dienone is 3. The summed E-state index contributed by atoms with van der Waals surface area (Å²) < 4.78 is 5.52. The second kappa shape index (κ2) is 83.8. The molecule has 2 atom stereocenters. The summed E-state index contributed by atoms with van der Waals surface area (Å²) in [5, 5.41) is 23.3. The van der Waals surface area contributed by atoms with Gasteiger partial charge in [0, 0.05) is 12.8 Å². The monoisotopic (exact) mass is 1320 g/mol. The molecule has 6 nitrogen and oxygen atoms in total. The van der Waals surface area contributed by atoms with Crippen LogP contribution in [-0.2, 0) is 14.3 Å². The van der Waals surface area contributed by atoms with Crippen molar-refractivity contribution in [2.24, 2.45) is 0 Å². The molecule has 0 aliphatic carbocycles. The minimum absolute atomic E-state index is 0.0207. The fraction of sp³-hybridized carbons (Fsp3) is 0.932. The van der Waals surface area contributed by atoms with Crippen molar-refractivity contribution in [2.75, 3.05) is 13.2 Å². The normalized spacial score (nSPS) is 12.5. The minimum Gasteiger partial charge on any atom is -0.466 e. The van der Waals surface area contributed by atoms with Crippen LogP contribution in [-0.4, -0.2) is 47.4 Å². The van der Waals surface area contributed by atoms with E-state index in [9.17, 15) is 19.8 Å². The van der Waals surface area contributed by atoms with Gasteiger partial charge in [-0.1, -0.05) is 456 Å². The van der Waals surface area contributed by atoms with Crippen molar-refractivity contribution in [3.05, 3.63) is 24.3 Å². The first-order valence-corrected chi connectivity index (χ1v) is 43.6. The van der Waals surface area contributed by atoms with Crippen LogP contribution in [0.4, 0.5) is 0 Å². The Balaban J connectivity index is 3.33. The molecule has 94 heavy (non-hydrogen) atoms. The SMILES string of the molecule is CCCCCCCCC/C=C\CCCCCCCCCC(=O)OCCCCCCCCCCCCCCCCCCCCCCCCCCCCCCCCCCCCCC(=O)NC(CO)C(O)/C=C/CCCCCCCCCCCCCCCCCCCCCCCC. The largest absolute Gasteiger partial charge is 0.466 e. The van der Waals surface area contributed by atoms with Gasteiger partial charge in [0.1, 0.15) is 0 Å². The summed E-state index contributed by atoms with van der Waals surface area (Å²) in [6.07, 6.45) is 109. The van der Waals surface area contributed by atoms with Gasteiger partial charge >= 0.3 is 5.97 Å². The van der Waals surface area contributed by atoms with Gasteiger partial charge in [0.25, 0.3) is 0 Å². The Morgan fingerprint density at radius 2 is 0.500 bits per heavy atom. The summed E-state index contributed by atoms with van der Waals surface area (Å²) >= 11 is 0. The molecule has 0 fully saturated rings. The van der Waals surface area contributed by atoms with Crippen LogP contribution in [0.1, 0.15) is 502 Å². The number of hydrogen-bond donors (Lipinski definition) is 3. The smallest absolute Gasteiger partial charge is 0.305 e. The Hall–Kier alpha value is -1.66. The molecule has 0 aliphatic rings. The summed E-state index contributed by atoms with van der Waals surface area (Å²) in [6, 6.07) is -0.625. The van der Waals surface area contributed by atoms with Crippen molar-refractivity contribution in [1.82, 2.24) is 5.32 Å². The molecule has 2 unspecified atom stereocenters. The Labute approximate surface area is 590 Å². The predicted octanol–water partition coefficient (Wildman–Crippen LogP) is 29.2. The summed E-state index contributed by atoms with van der Waals surface area (Å²) in [5.74, 6) is -0.0360. The number of nitrogens with one attached hydrogen (secondary N) is 1. The lowest BCUT2D eigenvalue weighted by atomic mass is 10.0. The van der Waals surface area contributed by atoms with Crippen molar-refractivity contribution in [3.8, 4) is 0 Å². The first-order chi connectivity index (χ1) is 46.5. The van der Waals surface area contributed by atoms with Gasteiger partial charge in [-0.15, -0.1) is 0 Å². The molecule has 0 saturated heterocycles. The Morgan fingerprint density at radius 1 is 0.287 bits per heavy atom. The summed E-state index contributed by atoms with van der Waals surface area (Å²) in [6.45, 7) is 4.97. The summed E-state index contributed by atoms with van der Waals surface area (Å²) in [7, 11) is 0. The lowest BCUT2D eigenvalue weighted by Gasteiger charge is -2.20. The maximum absolute atomic E-state index is 12.6. The molecule has 0 aromatic carbocycles. The standard InChI is InChI=1S/C88H171NO5/c1-3-5-7-9-11-13-15-17-19-21-23-24-25-39-42-45-48-52-56-60-64-68-72-76-80-86(91)85(84-90)89-87(92)81-77-73-69-65-61-57-53-49-46-43-40-37-35-33-31-29-27-26-28-30-32-34-36-38-41-44-47-51-55-59-63-67-71-75-79-83-94-88(93)82-78-74-70-66-62-58-54-50-22-20-18-16-14-12-10-8-6-4-2/h20,22,76,80,85-86,90-91H,3-19,21,23-75,77-79,81-84H2,1-2H3,(H,89,92)/b22-20-,80-76+. The third-order valence-electron chi connectivity index (χ3n) is 20.7. The maximum Gasteiger partial charge on any atom is 0.305 e. The number of aliphatic hydroxyl groups is 2. The Kier molecular flexibility index (Phi) is 82.3. The van der Waals surface area contributed by atoms with Gasteiger partial charge in [0.05, 0.1) is 25.4 Å². The van der Waals surface area contributed by atoms with E-state index in [4.69, 9.17) is 4.74 Å². The minimum atomic E-state index is -0.842. The van der Waals surface area contributed by atoms with Gasteiger partial charge < -0.3 is 20.3 Å². The number of amides is 1. The summed E-state index contributed by atoms with van der Waals surface area (Å²) in [4.78, 5) is 24.7. The lowest BCUT2D eigenvalue weighted by molar-refractivity contribution is -0.143. The maximum atomic E-state index is 12.6. The molecule has 0 heterocycles. The molecule has 0 rings (SSSR count). The lowest BCUT2D eigenvalue weighted by Crippen LogP contribution is -2.45. The third kappa shape index (κ3) is 79.3. The quantitative estimate of drug-likeness (QED) is 0.0320. The molecule has 0 aromatic heterocycles. The Bertz CT molecular complexity index is 1480. The molecular weight excluding hydrogens is 1150 g/mol. The molecule has 3 N–H and O–H groups in total. The predicted molar refractivity (Wildman–Crippen MR) is 417 cm³/mol. The van der Waals surface area contributed by atoms with E-state index >= 15 is 0 Å². The molecule has 0 radical (unpaired) electrons. The number of carbonyl (C=O) groups is 2. The van der Waals surface area contributed by atoms with E-state index in [1.165, 1.54) is 437 Å². The molecule has 6 heteroatoms. The van der Waals surface area contributed by atoms with Crippen molar-refractivity contribution in [2.45, 2.75) is 514 Å². The molecule has 558 valence electrons. The van der Waals surface area contributed by atoms with E-state index < -0.39 is 12.1 Å². The van der Waals surface area contributed by atoms with E-state index in [1.807, 2.05) is 6.08 Å². The number of aliphatic hydroxyl groups excluding tert-OH is 2. The van der Waals surface area contributed by atoms with Crippen molar-refractivity contribution >= 4 is 11.9 Å². The highest BCUT2D eigenvalue weighted by Gasteiger charge is 2.18. The van der Waals surface area contributed by atoms with Crippen LogP contribution in [0.3, 0.4) is 0 Å². The van der Waals surface area contributed by atoms with Gasteiger partial charge in [0.2, 0.25) is 5.91 Å². The van der Waals surface area contributed by atoms with Crippen LogP contribution in [0.5, 0.6) is 0 Å². The number of esters is 1. The average Bonchev–Trinajstić information content (AvgIpc) is 3.68. The molecule has 0 bridgehead atoms. The number of ether oxygens (including phenoxy) is 1. The molecule has 1 amide bonds. The van der Waals surface area contributed by atoms with E-state index in [2.05, 4.69) is 31.3 Å². The van der Waals surface area contributed by atoms with Crippen molar-refractivity contribution < 1.29 is 24.5 Å². The number of hydrogen-bond acceptors (Lipinski definition) is 5. The van der Waals surface area contributed by atoms with E-state index in [0.29, 0.717) is 19.4 Å². The van der Waals surface area contributed by atoms with Crippen LogP contribution in [0.2, 0.25) is 0 Å². The van der Waals surface area contributed by atoms with Crippen LogP contribution < -0.4 is 5.32 Å². The number of unbranched alkanes of at least 4 members (excludes halogenated alkanes) is 70. The van der Waals surface area contributed by atoms with Gasteiger partial charge in [-0.3, -0.25) is 9.59 Å². The van der Waals surface area contributed by atoms with Gasteiger partial charge in [-0.2, -0.15) is 0 Å². The van der Waals surface area contributed by atoms with E-state index in [0.717, 1.165) is 38.5 Å².